The minimum Gasteiger partial charge on any atom is -0.457 e. The molecule has 0 aliphatic carbocycles. The molecule has 11 heteroatoms. The number of nitrogens with zero attached hydrogens (tertiary/aromatic N) is 3. The van der Waals surface area contributed by atoms with E-state index in [0.29, 0.717) is 5.75 Å². The maximum absolute atomic E-state index is 12.0. The molecule has 0 saturated carbocycles. The van der Waals surface area contributed by atoms with Crippen LogP contribution < -0.4 is 4.74 Å². The second kappa shape index (κ2) is 7.82. The lowest BCUT2D eigenvalue weighted by Gasteiger charge is -2.28. The molecule has 10 nitrogen and oxygen atoms in total. The van der Waals surface area contributed by atoms with Gasteiger partial charge in [0.1, 0.15) is 43.9 Å². The predicted octanol–water partition coefficient (Wildman–Crippen LogP) is 4.00. The standard InChI is InChI=1S/C16H14IN3O7/c1-2-15(18(21)22,16(17,19(23)24)20(25)26)13-10-6-7-11-14(13)27-12-8-4-3-5-9-12/h3-11H,2H2,1H3. The number of benzene rings is 2. The van der Waals surface area contributed by atoms with E-state index in [1.165, 1.54) is 31.2 Å². The van der Waals surface area contributed by atoms with Crippen molar-refractivity contribution in [3.8, 4) is 11.5 Å². The van der Waals surface area contributed by atoms with Crippen LogP contribution in [0.3, 0.4) is 0 Å². The van der Waals surface area contributed by atoms with Gasteiger partial charge in [-0.3, -0.25) is 30.3 Å². The molecule has 0 spiro atoms. The number of rotatable bonds is 8. The fourth-order valence-electron chi connectivity index (χ4n) is 2.81. The molecule has 0 N–H and O–H groups in total. The Hall–Kier alpha value is -2.83. The molecule has 0 amide bonds. The minimum absolute atomic E-state index is 0.0630. The maximum Gasteiger partial charge on any atom is 0.574 e. The lowest BCUT2D eigenvalue weighted by atomic mass is 9.84. The first kappa shape index (κ1) is 20.5. The monoisotopic (exact) mass is 487 g/mol. The Balaban J connectivity index is 2.78. The van der Waals surface area contributed by atoms with Gasteiger partial charge >= 0.3 is 9.21 Å². The number of hydrogen-bond acceptors (Lipinski definition) is 7. The average molecular weight is 487 g/mol. The zero-order valence-electron chi connectivity index (χ0n) is 14.0. The largest absolute Gasteiger partial charge is 0.574 e. The highest BCUT2D eigenvalue weighted by Gasteiger charge is 2.80. The molecular formula is C16H14IN3O7. The van der Waals surface area contributed by atoms with Crippen molar-refractivity contribution in [3.05, 3.63) is 90.5 Å². The molecule has 0 radical (unpaired) electrons. The number of para-hydroxylation sites is 2. The van der Waals surface area contributed by atoms with E-state index < -0.39 is 30.4 Å². The summed E-state index contributed by atoms with van der Waals surface area (Å²) in [6.07, 6.45) is -0.500. The van der Waals surface area contributed by atoms with E-state index >= 15 is 0 Å². The third kappa shape index (κ3) is 3.29. The summed E-state index contributed by atoms with van der Waals surface area (Å²) in [6, 6.07) is 13.8. The molecule has 0 heterocycles. The van der Waals surface area contributed by atoms with Crippen molar-refractivity contribution < 1.29 is 19.5 Å². The Morgan fingerprint density at radius 2 is 1.41 bits per heavy atom. The summed E-state index contributed by atoms with van der Waals surface area (Å²) in [7, 11) is 0. The van der Waals surface area contributed by atoms with Crippen LogP contribution in [-0.4, -0.2) is 18.4 Å². The van der Waals surface area contributed by atoms with E-state index in [4.69, 9.17) is 4.74 Å². The molecule has 0 bridgehead atoms. The topological polar surface area (TPSA) is 139 Å². The SMILES string of the molecule is CCC(c1ccccc1Oc1ccccc1)([N+](=O)[O-])C(I)([N+](=O)[O-])[N+](=O)[O-]. The Bertz CT molecular complexity index is 863. The molecule has 1 atom stereocenters. The Kier molecular flexibility index (Phi) is 5.93. The van der Waals surface area contributed by atoms with Crippen molar-refractivity contribution in [2.75, 3.05) is 0 Å². The molecule has 1 unspecified atom stereocenters. The van der Waals surface area contributed by atoms with Gasteiger partial charge in [-0.2, -0.15) is 0 Å². The van der Waals surface area contributed by atoms with Crippen LogP contribution in [-0.2, 0) is 5.54 Å². The fraction of sp³-hybridized carbons (Fsp3) is 0.250. The van der Waals surface area contributed by atoms with Gasteiger partial charge in [-0.1, -0.05) is 37.3 Å². The van der Waals surface area contributed by atoms with Gasteiger partial charge in [0.05, 0.1) is 5.56 Å². The zero-order chi connectivity index (χ0) is 20.2. The Labute approximate surface area is 166 Å². The fourth-order valence-corrected chi connectivity index (χ4v) is 3.68. The van der Waals surface area contributed by atoms with Crippen LogP contribution in [0.2, 0.25) is 0 Å². The summed E-state index contributed by atoms with van der Waals surface area (Å²) in [5.74, 6) is 0.270. The highest BCUT2D eigenvalue weighted by molar-refractivity contribution is 14.1. The average Bonchev–Trinajstić information content (AvgIpc) is 2.64. The molecule has 27 heavy (non-hydrogen) atoms. The van der Waals surface area contributed by atoms with Gasteiger partial charge in [-0.15, -0.1) is 0 Å². The Morgan fingerprint density at radius 3 is 1.89 bits per heavy atom. The van der Waals surface area contributed by atoms with Crippen molar-refractivity contribution in [2.24, 2.45) is 0 Å². The highest BCUT2D eigenvalue weighted by Crippen LogP contribution is 2.49. The van der Waals surface area contributed by atoms with Crippen LogP contribution in [0.25, 0.3) is 0 Å². The second-order valence-corrected chi connectivity index (χ2v) is 6.99. The van der Waals surface area contributed by atoms with Gasteiger partial charge in [0.15, 0.2) is 0 Å². The molecule has 2 aromatic rings. The summed E-state index contributed by atoms with van der Waals surface area (Å²) >= 11 is 0.941. The molecule has 142 valence electrons. The number of alkyl halides is 1. The summed E-state index contributed by atoms with van der Waals surface area (Å²) in [4.78, 5) is 31.9. The first-order valence-corrected chi connectivity index (χ1v) is 8.74. The minimum atomic E-state index is -3.14. The Morgan fingerprint density at radius 1 is 0.889 bits per heavy atom. The van der Waals surface area contributed by atoms with E-state index in [9.17, 15) is 30.3 Å². The van der Waals surface area contributed by atoms with Crippen LogP contribution >= 0.6 is 22.6 Å². The second-order valence-electron chi connectivity index (χ2n) is 5.48. The number of halogens is 1. The van der Waals surface area contributed by atoms with Crippen LogP contribution in [0.1, 0.15) is 18.9 Å². The van der Waals surface area contributed by atoms with Gasteiger partial charge in [-0.25, -0.2) is 0 Å². The lowest BCUT2D eigenvalue weighted by Crippen LogP contribution is -2.61. The maximum atomic E-state index is 12.0. The van der Waals surface area contributed by atoms with Crippen LogP contribution in [0.15, 0.2) is 54.6 Å². The summed E-state index contributed by atoms with van der Waals surface area (Å²) in [5.41, 5.74) is -2.91. The molecule has 2 aromatic carbocycles. The van der Waals surface area contributed by atoms with Crippen LogP contribution in [0.5, 0.6) is 11.5 Å². The van der Waals surface area contributed by atoms with Gasteiger partial charge in [0.25, 0.3) is 0 Å². The molecule has 0 aliphatic heterocycles. The van der Waals surface area contributed by atoms with Crippen molar-refractivity contribution in [2.45, 2.75) is 22.6 Å². The molecule has 0 saturated heterocycles. The first-order chi connectivity index (χ1) is 12.7. The van der Waals surface area contributed by atoms with E-state index in [1.54, 1.807) is 30.3 Å². The van der Waals surface area contributed by atoms with Gasteiger partial charge in [-0.05, 0) is 24.3 Å². The molecular weight excluding hydrogens is 473 g/mol. The van der Waals surface area contributed by atoms with E-state index in [0.717, 1.165) is 22.6 Å². The lowest BCUT2D eigenvalue weighted by molar-refractivity contribution is -0.817. The summed E-state index contributed by atoms with van der Waals surface area (Å²) in [5, 5.41) is 35.3. The van der Waals surface area contributed by atoms with Gasteiger partial charge < -0.3 is 4.74 Å². The zero-order valence-corrected chi connectivity index (χ0v) is 16.1. The van der Waals surface area contributed by atoms with Crippen molar-refractivity contribution in [1.29, 1.82) is 0 Å². The van der Waals surface area contributed by atoms with Gasteiger partial charge in [0, 0.05) is 11.3 Å². The number of nitro groups is 3. The van der Waals surface area contributed by atoms with Gasteiger partial charge in [0.2, 0.25) is 0 Å². The highest BCUT2D eigenvalue weighted by atomic mass is 127. The molecule has 0 aliphatic rings. The van der Waals surface area contributed by atoms with E-state index in [2.05, 4.69) is 0 Å². The van der Waals surface area contributed by atoms with Crippen LogP contribution in [0, 0.1) is 30.3 Å². The van der Waals surface area contributed by atoms with Crippen molar-refractivity contribution >= 4 is 22.6 Å². The quantitative estimate of drug-likeness (QED) is 0.137. The molecule has 0 aromatic heterocycles. The normalized spacial score (nSPS) is 13.4. The molecule has 2 rings (SSSR count). The predicted molar refractivity (Wildman–Crippen MR) is 103 cm³/mol. The third-order valence-corrected chi connectivity index (χ3v) is 5.82. The van der Waals surface area contributed by atoms with Crippen molar-refractivity contribution in [1.82, 2.24) is 0 Å². The molecule has 0 fully saturated rings. The van der Waals surface area contributed by atoms with Crippen molar-refractivity contribution in [3.63, 3.8) is 0 Å². The van der Waals surface area contributed by atoms with E-state index in [-0.39, 0.29) is 11.3 Å². The van der Waals surface area contributed by atoms with E-state index in [1.807, 2.05) is 0 Å². The third-order valence-electron chi connectivity index (χ3n) is 4.14. The summed E-state index contributed by atoms with van der Waals surface area (Å²) < 4.78 is 2.53. The summed E-state index contributed by atoms with van der Waals surface area (Å²) in [6.45, 7) is 1.29. The van der Waals surface area contributed by atoms with Crippen LogP contribution in [0.4, 0.5) is 0 Å². The number of ether oxygens (including phenoxy) is 1. The first-order valence-electron chi connectivity index (χ1n) is 7.66. The number of hydrogen-bond donors (Lipinski definition) is 0. The smallest absolute Gasteiger partial charge is 0.457 e.